The molecule has 0 spiro atoms. The van der Waals surface area contributed by atoms with Crippen LogP contribution in [0.4, 0.5) is 5.69 Å². The van der Waals surface area contributed by atoms with E-state index in [0.29, 0.717) is 29.3 Å². The lowest BCUT2D eigenvalue weighted by atomic mass is 9.79. The summed E-state index contributed by atoms with van der Waals surface area (Å²) < 4.78 is 5.78. The number of carboxylic acids is 1. The molecule has 1 aliphatic rings. The number of carboxylic acid groups (broad SMARTS) is 1. The average Bonchev–Trinajstić information content (AvgIpc) is 2.57. The Morgan fingerprint density at radius 3 is 2.35 bits per heavy atom. The molecule has 0 heterocycles. The lowest BCUT2D eigenvalue weighted by molar-refractivity contribution is -0.146. The van der Waals surface area contributed by atoms with Gasteiger partial charge in [0.15, 0.2) is 0 Å². The zero-order valence-electron chi connectivity index (χ0n) is 15.3. The van der Waals surface area contributed by atoms with Gasteiger partial charge in [-0.2, -0.15) is 0 Å². The van der Waals surface area contributed by atoms with Crippen molar-refractivity contribution in [3.63, 3.8) is 0 Å². The normalized spacial score (nSPS) is 16.4. The smallest absolute Gasteiger partial charge is 0.330 e. The molecule has 0 aromatic heterocycles. The number of terminal acetylenes is 1. The lowest BCUT2D eigenvalue weighted by Gasteiger charge is -2.42. The SMILES string of the molecule is C#CC(=O)N(c1ccc(OC(C)(C)C)c(Cl)c1)C1(C(=O)O)CCCCC1. The van der Waals surface area contributed by atoms with E-state index in [-0.39, 0.29) is 0 Å². The molecular weight excluding hydrogens is 354 g/mol. The Kier molecular flexibility index (Phi) is 5.87. The minimum Gasteiger partial charge on any atom is -0.487 e. The number of rotatable bonds is 4. The molecule has 0 aliphatic heterocycles. The van der Waals surface area contributed by atoms with Crippen LogP contribution in [0.3, 0.4) is 0 Å². The maximum absolute atomic E-state index is 12.5. The van der Waals surface area contributed by atoms with E-state index in [1.54, 1.807) is 12.1 Å². The highest BCUT2D eigenvalue weighted by molar-refractivity contribution is 6.32. The summed E-state index contributed by atoms with van der Waals surface area (Å²) in [5.74, 6) is 0.790. The van der Waals surface area contributed by atoms with Crippen molar-refractivity contribution in [1.82, 2.24) is 0 Å². The van der Waals surface area contributed by atoms with Crippen LogP contribution in [-0.4, -0.2) is 28.1 Å². The van der Waals surface area contributed by atoms with E-state index in [2.05, 4.69) is 5.92 Å². The predicted octanol–water partition coefficient (Wildman–Crippen LogP) is 4.27. The van der Waals surface area contributed by atoms with E-state index in [4.69, 9.17) is 22.8 Å². The van der Waals surface area contributed by atoms with Gasteiger partial charge >= 0.3 is 11.9 Å². The fourth-order valence-corrected chi connectivity index (χ4v) is 3.55. The lowest BCUT2D eigenvalue weighted by Crippen LogP contribution is -2.58. The number of aliphatic carboxylic acids is 1. The van der Waals surface area contributed by atoms with E-state index < -0.39 is 23.0 Å². The molecule has 0 saturated heterocycles. The van der Waals surface area contributed by atoms with Gasteiger partial charge in [0.2, 0.25) is 0 Å². The quantitative estimate of drug-likeness (QED) is 0.795. The van der Waals surface area contributed by atoms with E-state index in [1.807, 2.05) is 20.8 Å². The second-order valence-corrected chi connectivity index (χ2v) is 7.92. The van der Waals surface area contributed by atoms with Crippen LogP contribution in [0.1, 0.15) is 52.9 Å². The molecule has 1 aromatic rings. The van der Waals surface area contributed by atoms with Crippen molar-refractivity contribution >= 4 is 29.2 Å². The summed E-state index contributed by atoms with van der Waals surface area (Å²) in [6.07, 6.45) is 8.43. The van der Waals surface area contributed by atoms with Crippen LogP contribution in [-0.2, 0) is 9.59 Å². The first kappa shape index (κ1) is 20.1. The van der Waals surface area contributed by atoms with Gasteiger partial charge in [-0.1, -0.05) is 30.9 Å². The third-order valence-corrected chi connectivity index (χ3v) is 4.72. The number of anilines is 1. The standard InChI is InChI=1S/C20H24ClNO4/c1-5-17(23)22(20(18(24)25)11-7-6-8-12-20)14-9-10-16(15(21)13-14)26-19(2,3)4/h1,9-10,13H,6-8,11-12H2,2-4H3,(H,24,25). The van der Waals surface area contributed by atoms with Crippen LogP contribution in [0, 0.1) is 12.3 Å². The highest BCUT2D eigenvalue weighted by Crippen LogP contribution is 2.40. The molecule has 0 unspecified atom stereocenters. The van der Waals surface area contributed by atoms with Gasteiger partial charge in [-0.15, -0.1) is 6.42 Å². The molecule has 1 N–H and O–H groups in total. The van der Waals surface area contributed by atoms with Gasteiger partial charge in [-0.3, -0.25) is 9.69 Å². The van der Waals surface area contributed by atoms with Crippen molar-refractivity contribution in [1.29, 1.82) is 0 Å². The fraction of sp³-hybridized carbons (Fsp3) is 0.500. The molecule has 1 saturated carbocycles. The van der Waals surface area contributed by atoms with Crippen molar-refractivity contribution in [2.45, 2.75) is 64.0 Å². The highest BCUT2D eigenvalue weighted by atomic mass is 35.5. The third kappa shape index (κ3) is 4.13. The van der Waals surface area contributed by atoms with E-state index in [1.165, 1.54) is 11.0 Å². The Labute approximate surface area is 159 Å². The first-order chi connectivity index (χ1) is 12.1. The summed E-state index contributed by atoms with van der Waals surface area (Å²) in [7, 11) is 0. The Balaban J connectivity index is 2.51. The van der Waals surface area contributed by atoms with Gasteiger partial charge in [0.1, 0.15) is 16.9 Å². The molecule has 1 aromatic carbocycles. The van der Waals surface area contributed by atoms with Gasteiger partial charge in [-0.25, -0.2) is 4.79 Å². The van der Waals surface area contributed by atoms with Gasteiger partial charge in [0.25, 0.3) is 0 Å². The molecular formula is C20H24ClNO4. The minimum atomic E-state index is -1.35. The number of ether oxygens (including phenoxy) is 1. The summed E-state index contributed by atoms with van der Waals surface area (Å²) in [6, 6.07) is 4.80. The van der Waals surface area contributed by atoms with Crippen molar-refractivity contribution in [2.75, 3.05) is 4.90 Å². The molecule has 1 aliphatic carbocycles. The maximum atomic E-state index is 12.5. The summed E-state index contributed by atoms with van der Waals surface area (Å²) in [5.41, 5.74) is -1.42. The fourth-order valence-electron chi connectivity index (χ4n) is 3.33. The number of amides is 1. The van der Waals surface area contributed by atoms with Crippen LogP contribution in [0.2, 0.25) is 5.02 Å². The number of hydrogen-bond acceptors (Lipinski definition) is 3. The molecule has 2 rings (SSSR count). The molecule has 140 valence electrons. The minimum absolute atomic E-state index is 0.295. The number of hydrogen-bond donors (Lipinski definition) is 1. The van der Waals surface area contributed by atoms with Crippen molar-refractivity contribution < 1.29 is 19.4 Å². The van der Waals surface area contributed by atoms with Gasteiger partial charge in [0, 0.05) is 5.69 Å². The zero-order valence-corrected chi connectivity index (χ0v) is 16.1. The van der Waals surface area contributed by atoms with Crippen LogP contribution in [0.15, 0.2) is 18.2 Å². The van der Waals surface area contributed by atoms with Crippen LogP contribution in [0.25, 0.3) is 0 Å². The van der Waals surface area contributed by atoms with E-state index >= 15 is 0 Å². The number of carbonyl (C=O) groups is 2. The van der Waals surface area contributed by atoms with E-state index in [9.17, 15) is 14.7 Å². The Morgan fingerprint density at radius 2 is 1.88 bits per heavy atom. The second kappa shape index (κ2) is 7.59. The molecule has 0 bridgehead atoms. The van der Waals surface area contributed by atoms with Gasteiger partial charge in [0.05, 0.1) is 5.02 Å². The van der Waals surface area contributed by atoms with Crippen LogP contribution >= 0.6 is 11.6 Å². The topological polar surface area (TPSA) is 66.8 Å². The Morgan fingerprint density at radius 1 is 1.27 bits per heavy atom. The zero-order chi connectivity index (χ0) is 19.5. The largest absolute Gasteiger partial charge is 0.487 e. The summed E-state index contributed by atoms with van der Waals surface area (Å²) in [5, 5.41) is 10.2. The summed E-state index contributed by atoms with van der Waals surface area (Å²) in [4.78, 5) is 25.8. The second-order valence-electron chi connectivity index (χ2n) is 7.51. The average molecular weight is 378 g/mol. The van der Waals surface area contributed by atoms with Crippen molar-refractivity contribution in [3.8, 4) is 18.1 Å². The molecule has 26 heavy (non-hydrogen) atoms. The number of nitrogens with zero attached hydrogens (tertiary/aromatic N) is 1. The van der Waals surface area contributed by atoms with Gasteiger partial charge < -0.3 is 9.84 Å². The van der Waals surface area contributed by atoms with Crippen molar-refractivity contribution in [2.24, 2.45) is 0 Å². The first-order valence-electron chi connectivity index (χ1n) is 8.63. The molecule has 6 heteroatoms. The molecule has 5 nitrogen and oxygen atoms in total. The molecule has 1 fully saturated rings. The Bertz CT molecular complexity index is 739. The van der Waals surface area contributed by atoms with Gasteiger partial charge in [-0.05, 0) is 57.7 Å². The first-order valence-corrected chi connectivity index (χ1v) is 9.01. The number of halogens is 1. The maximum Gasteiger partial charge on any atom is 0.330 e. The number of benzene rings is 1. The Hall–Kier alpha value is -2.19. The predicted molar refractivity (Wildman–Crippen MR) is 102 cm³/mol. The monoisotopic (exact) mass is 377 g/mol. The molecule has 0 radical (unpaired) electrons. The number of carbonyl (C=O) groups excluding carboxylic acids is 1. The van der Waals surface area contributed by atoms with Crippen LogP contribution < -0.4 is 9.64 Å². The van der Waals surface area contributed by atoms with Crippen LogP contribution in [0.5, 0.6) is 5.75 Å². The highest BCUT2D eigenvalue weighted by Gasteiger charge is 2.48. The third-order valence-electron chi connectivity index (χ3n) is 4.42. The molecule has 1 amide bonds. The summed E-state index contributed by atoms with van der Waals surface area (Å²) >= 11 is 6.33. The summed E-state index contributed by atoms with van der Waals surface area (Å²) in [6.45, 7) is 5.69. The van der Waals surface area contributed by atoms with Crippen molar-refractivity contribution in [3.05, 3.63) is 23.2 Å². The molecule has 0 atom stereocenters. The van der Waals surface area contributed by atoms with E-state index in [0.717, 1.165) is 19.3 Å².